The van der Waals surface area contributed by atoms with Crippen molar-refractivity contribution in [3.8, 4) is 11.6 Å². The number of sulfonamides is 1. The predicted octanol–water partition coefficient (Wildman–Crippen LogP) is 2.01. The minimum absolute atomic E-state index is 0.117. The number of non-ortho nitro benzene ring substituents is 1. The van der Waals surface area contributed by atoms with Crippen LogP contribution in [-0.4, -0.2) is 41.1 Å². The highest BCUT2D eigenvalue weighted by Gasteiger charge is 2.29. The molecule has 1 fully saturated rings. The molecular formula is C18H23N5O6S. The van der Waals surface area contributed by atoms with Gasteiger partial charge in [-0.25, -0.2) is 17.8 Å². The number of nitrogens with one attached hydrogen (secondary N) is 2. The van der Waals surface area contributed by atoms with Crippen molar-refractivity contribution in [1.29, 1.82) is 0 Å². The van der Waals surface area contributed by atoms with Crippen LogP contribution in [0, 0.1) is 17.0 Å². The van der Waals surface area contributed by atoms with E-state index in [1.54, 1.807) is 27.8 Å². The van der Waals surface area contributed by atoms with Gasteiger partial charge in [-0.15, -0.1) is 0 Å². The van der Waals surface area contributed by atoms with Crippen molar-refractivity contribution in [3.05, 3.63) is 39.6 Å². The van der Waals surface area contributed by atoms with Crippen LogP contribution in [0.3, 0.4) is 0 Å². The number of nitro benzene ring substituents is 1. The number of hydrogen-bond acceptors (Lipinski definition) is 7. The van der Waals surface area contributed by atoms with Crippen molar-refractivity contribution in [3.63, 3.8) is 0 Å². The lowest BCUT2D eigenvalue weighted by Gasteiger charge is -2.14. The molecule has 1 saturated carbocycles. The molecule has 0 bridgehead atoms. The Hall–Kier alpha value is -2.99. The van der Waals surface area contributed by atoms with Gasteiger partial charge in [0, 0.05) is 36.8 Å². The van der Waals surface area contributed by atoms with Gasteiger partial charge in [0.05, 0.1) is 4.92 Å². The van der Waals surface area contributed by atoms with Gasteiger partial charge in [-0.2, -0.15) is 5.10 Å². The quantitative estimate of drug-likeness (QED) is 0.474. The molecule has 30 heavy (non-hydrogen) atoms. The Morgan fingerprint density at radius 2 is 2.03 bits per heavy atom. The Balaban J connectivity index is 2.01. The molecule has 0 atom stereocenters. The lowest BCUT2D eigenvalue weighted by Crippen LogP contribution is -2.30. The molecule has 2 aromatic rings. The fourth-order valence-corrected chi connectivity index (χ4v) is 4.23. The molecule has 0 unspecified atom stereocenters. The number of carbonyl (C=O) groups excluding carboxylic acids is 1. The van der Waals surface area contributed by atoms with E-state index in [1.165, 1.54) is 10.7 Å². The standard InChI is InChI=1S/C18H23N5O6S/c1-10(2)21-30(27,28)15-9-13(23(25)26)7-8-14(15)29-18-11(3)16(20-22(18)4)17(24)19-12-5-6-12/h7-10,12,21H,5-6H2,1-4H3,(H,19,24). The molecule has 1 aliphatic carbocycles. The summed E-state index contributed by atoms with van der Waals surface area (Å²) in [6, 6.07) is 3.02. The molecule has 1 aliphatic rings. The van der Waals surface area contributed by atoms with Crippen molar-refractivity contribution >= 4 is 21.6 Å². The number of benzene rings is 1. The molecule has 11 nitrogen and oxygen atoms in total. The maximum Gasteiger partial charge on any atom is 0.272 e. The van der Waals surface area contributed by atoms with Crippen molar-refractivity contribution in [2.45, 2.75) is 50.6 Å². The van der Waals surface area contributed by atoms with Gasteiger partial charge in [0.2, 0.25) is 15.9 Å². The maximum absolute atomic E-state index is 12.7. The summed E-state index contributed by atoms with van der Waals surface area (Å²) in [4.78, 5) is 22.5. The van der Waals surface area contributed by atoms with Gasteiger partial charge < -0.3 is 10.1 Å². The molecule has 162 valence electrons. The van der Waals surface area contributed by atoms with Gasteiger partial charge in [0.25, 0.3) is 11.6 Å². The normalized spacial score (nSPS) is 14.0. The van der Waals surface area contributed by atoms with Gasteiger partial charge in [-0.3, -0.25) is 14.9 Å². The largest absolute Gasteiger partial charge is 0.438 e. The Bertz CT molecular complexity index is 1100. The van der Waals surface area contributed by atoms with Crippen molar-refractivity contribution < 1.29 is 22.9 Å². The summed E-state index contributed by atoms with van der Waals surface area (Å²) in [5, 5.41) is 18.2. The molecule has 1 amide bonds. The molecule has 0 spiro atoms. The molecule has 0 radical (unpaired) electrons. The molecule has 0 aliphatic heterocycles. The Kier molecular flexibility index (Phi) is 5.81. The van der Waals surface area contributed by atoms with E-state index in [2.05, 4.69) is 15.1 Å². The third kappa shape index (κ3) is 4.60. The number of hydrogen-bond donors (Lipinski definition) is 2. The zero-order chi connectivity index (χ0) is 22.2. The summed E-state index contributed by atoms with van der Waals surface area (Å²) in [5.74, 6) is -0.293. The lowest BCUT2D eigenvalue weighted by atomic mass is 10.2. The number of nitrogens with zero attached hydrogens (tertiary/aromatic N) is 3. The van der Waals surface area contributed by atoms with Gasteiger partial charge in [0.15, 0.2) is 5.69 Å². The Labute approximate surface area is 173 Å². The summed E-state index contributed by atoms with van der Waals surface area (Å²) in [7, 11) is -2.54. The summed E-state index contributed by atoms with van der Waals surface area (Å²) in [6.45, 7) is 4.90. The third-order valence-corrected chi connectivity index (χ3v) is 6.05. The summed E-state index contributed by atoms with van der Waals surface area (Å²) in [6.07, 6.45) is 1.85. The van der Waals surface area contributed by atoms with Gasteiger partial charge >= 0.3 is 0 Å². The highest BCUT2D eigenvalue weighted by molar-refractivity contribution is 7.89. The molecule has 1 aromatic heterocycles. The molecule has 1 heterocycles. The Morgan fingerprint density at radius 3 is 2.60 bits per heavy atom. The van der Waals surface area contributed by atoms with Gasteiger partial charge in [0.1, 0.15) is 10.6 Å². The third-order valence-electron chi connectivity index (χ3n) is 4.37. The van der Waals surface area contributed by atoms with Crippen LogP contribution in [-0.2, 0) is 17.1 Å². The highest BCUT2D eigenvalue weighted by Crippen LogP contribution is 2.34. The summed E-state index contributed by atoms with van der Waals surface area (Å²) in [5.41, 5.74) is 0.206. The molecular weight excluding hydrogens is 414 g/mol. The van der Waals surface area contributed by atoms with Crippen LogP contribution in [0.5, 0.6) is 11.6 Å². The van der Waals surface area contributed by atoms with Crippen molar-refractivity contribution in [1.82, 2.24) is 19.8 Å². The average molecular weight is 437 g/mol. The Morgan fingerprint density at radius 1 is 1.37 bits per heavy atom. The number of aryl methyl sites for hydroxylation is 1. The highest BCUT2D eigenvalue weighted by atomic mass is 32.2. The fraction of sp³-hybridized carbons (Fsp3) is 0.444. The van der Waals surface area contributed by atoms with Crippen LogP contribution >= 0.6 is 0 Å². The number of carbonyl (C=O) groups is 1. The first-order valence-corrected chi connectivity index (χ1v) is 10.8. The molecule has 12 heteroatoms. The van der Waals surface area contributed by atoms with E-state index >= 15 is 0 Å². The number of nitro groups is 1. The van der Waals surface area contributed by atoms with Crippen LogP contribution in [0.1, 0.15) is 42.7 Å². The molecule has 2 N–H and O–H groups in total. The second kappa shape index (κ2) is 8.03. The van der Waals surface area contributed by atoms with E-state index in [0.29, 0.717) is 5.56 Å². The van der Waals surface area contributed by atoms with Crippen LogP contribution < -0.4 is 14.8 Å². The first-order valence-electron chi connectivity index (χ1n) is 9.32. The van der Waals surface area contributed by atoms with E-state index in [1.807, 2.05) is 0 Å². The van der Waals surface area contributed by atoms with E-state index in [9.17, 15) is 23.3 Å². The fourth-order valence-electron chi connectivity index (χ4n) is 2.84. The summed E-state index contributed by atoms with van der Waals surface area (Å²) < 4.78 is 35.0. The first kappa shape index (κ1) is 21.7. The second-order valence-corrected chi connectivity index (χ2v) is 9.10. The van der Waals surface area contributed by atoms with Crippen molar-refractivity contribution in [2.75, 3.05) is 0 Å². The minimum atomic E-state index is -4.10. The predicted molar refractivity (Wildman–Crippen MR) is 107 cm³/mol. The second-order valence-electron chi connectivity index (χ2n) is 7.42. The van der Waals surface area contributed by atoms with E-state index in [-0.39, 0.29) is 34.2 Å². The smallest absolute Gasteiger partial charge is 0.272 e. The number of amides is 1. The monoisotopic (exact) mass is 437 g/mol. The maximum atomic E-state index is 12.7. The lowest BCUT2D eigenvalue weighted by molar-refractivity contribution is -0.385. The zero-order valence-corrected chi connectivity index (χ0v) is 17.8. The van der Waals surface area contributed by atoms with Crippen LogP contribution in [0.2, 0.25) is 0 Å². The van der Waals surface area contributed by atoms with Gasteiger partial charge in [-0.05, 0) is 39.7 Å². The van der Waals surface area contributed by atoms with Crippen LogP contribution in [0.25, 0.3) is 0 Å². The number of rotatable bonds is 8. The molecule has 1 aromatic carbocycles. The van der Waals surface area contributed by atoms with Crippen molar-refractivity contribution in [2.24, 2.45) is 7.05 Å². The average Bonchev–Trinajstić information content (AvgIpc) is 3.41. The first-order chi connectivity index (χ1) is 14.0. The van der Waals surface area contributed by atoms with Gasteiger partial charge in [-0.1, -0.05) is 0 Å². The molecule has 0 saturated heterocycles. The van der Waals surface area contributed by atoms with Crippen LogP contribution in [0.4, 0.5) is 5.69 Å². The summed E-state index contributed by atoms with van der Waals surface area (Å²) >= 11 is 0. The van der Waals surface area contributed by atoms with E-state index in [0.717, 1.165) is 25.0 Å². The van der Waals surface area contributed by atoms with Crippen LogP contribution in [0.15, 0.2) is 23.1 Å². The number of aromatic nitrogens is 2. The molecule has 3 rings (SSSR count). The zero-order valence-electron chi connectivity index (χ0n) is 17.0. The SMILES string of the molecule is Cc1c(C(=O)NC2CC2)nn(C)c1Oc1ccc([N+](=O)[O-])cc1S(=O)(=O)NC(C)C. The van der Waals surface area contributed by atoms with E-state index < -0.39 is 26.7 Å². The minimum Gasteiger partial charge on any atom is -0.438 e. The topological polar surface area (TPSA) is 145 Å². The van der Waals surface area contributed by atoms with E-state index in [4.69, 9.17) is 4.74 Å². The number of ether oxygens (including phenoxy) is 1.